The van der Waals surface area contributed by atoms with E-state index in [9.17, 15) is 14.0 Å². The number of methoxy groups -OCH3 is 2. The van der Waals surface area contributed by atoms with E-state index in [1.165, 1.54) is 32.4 Å². The molecule has 0 unspecified atom stereocenters. The normalized spacial score (nSPS) is 18.7. The van der Waals surface area contributed by atoms with Crippen LogP contribution in [0.15, 0.2) is 36.4 Å². The molecule has 1 aliphatic rings. The summed E-state index contributed by atoms with van der Waals surface area (Å²) in [6, 6.07) is 8.97. The van der Waals surface area contributed by atoms with Gasteiger partial charge in [-0.3, -0.25) is 9.59 Å². The maximum atomic E-state index is 13.9. The molecule has 1 amide bonds. The number of hydrogen-bond donors (Lipinski definition) is 1. The van der Waals surface area contributed by atoms with Crippen LogP contribution in [-0.4, -0.2) is 32.4 Å². The molecule has 27 heavy (non-hydrogen) atoms. The van der Waals surface area contributed by atoms with Crippen molar-refractivity contribution in [3.8, 4) is 11.5 Å². The molecule has 1 N–H and O–H groups in total. The third-order valence-corrected chi connectivity index (χ3v) is 4.02. The Bertz CT molecular complexity index is 884. The molecule has 0 saturated heterocycles. The Morgan fingerprint density at radius 3 is 2.59 bits per heavy atom. The molecule has 0 bridgehead atoms. The lowest BCUT2D eigenvalue weighted by Gasteiger charge is -2.23. The van der Waals surface area contributed by atoms with Crippen LogP contribution in [-0.2, 0) is 19.1 Å². The fourth-order valence-electron chi connectivity index (χ4n) is 2.91. The summed E-state index contributed by atoms with van der Waals surface area (Å²) < 4.78 is 35.5. The van der Waals surface area contributed by atoms with Gasteiger partial charge in [-0.1, -0.05) is 12.1 Å². The van der Waals surface area contributed by atoms with Crippen LogP contribution in [0.1, 0.15) is 24.2 Å². The Morgan fingerprint density at radius 1 is 1.15 bits per heavy atom. The number of hydrogen-bond acceptors (Lipinski definition) is 6. The highest BCUT2D eigenvalue weighted by molar-refractivity contribution is 5.95. The Hall–Kier alpha value is -3.13. The van der Waals surface area contributed by atoms with Gasteiger partial charge in [-0.15, -0.1) is 0 Å². The van der Waals surface area contributed by atoms with Crippen molar-refractivity contribution in [1.29, 1.82) is 0 Å². The molecule has 1 heterocycles. The Balaban J connectivity index is 2.18. The van der Waals surface area contributed by atoms with E-state index in [0.717, 1.165) is 6.92 Å². The number of rotatable bonds is 4. The average Bonchev–Trinajstić information content (AvgIpc) is 2.77. The maximum Gasteiger partial charge on any atom is 0.305 e. The van der Waals surface area contributed by atoms with Gasteiger partial charge in [0.2, 0.25) is 0 Å². The molecular formula is C19H18FNO6. The Labute approximate surface area is 155 Å². The topological polar surface area (TPSA) is 83.1 Å². The number of carbonyl (C=O) groups excluding carboxylic acids is 2. The van der Waals surface area contributed by atoms with Crippen molar-refractivity contribution in [2.75, 3.05) is 19.5 Å². The molecule has 142 valence electrons. The highest BCUT2D eigenvalue weighted by Gasteiger charge is 2.35. The van der Waals surface area contributed by atoms with E-state index in [-0.39, 0.29) is 0 Å². The first-order valence-corrected chi connectivity index (χ1v) is 8.08. The van der Waals surface area contributed by atoms with Crippen LogP contribution in [0, 0.1) is 5.82 Å². The number of anilines is 1. The van der Waals surface area contributed by atoms with Gasteiger partial charge in [-0.25, -0.2) is 4.39 Å². The number of carbonyl (C=O) groups is 2. The maximum absolute atomic E-state index is 13.9. The van der Waals surface area contributed by atoms with Crippen LogP contribution in [0.4, 0.5) is 10.1 Å². The van der Waals surface area contributed by atoms with Crippen LogP contribution in [0.25, 0.3) is 0 Å². The summed E-state index contributed by atoms with van der Waals surface area (Å²) in [6.07, 6.45) is -2.47. The molecular weight excluding hydrogens is 357 g/mol. The number of esters is 1. The fraction of sp³-hybridized carbons (Fsp3) is 0.263. The molecule has 0 aliphatic carbocycles. The summed E-state index contributed by atoms with van der Waals surface area (Å²) in [6.45, 7) is 1.16. The first-order valence-electron chi connectivity index (χ1n) is 8.08. The number of amides is 1. The van der Waals surface area contributed by atoms with E-state index in [2.05, 4.69) is 5.32 Å². The smallest absolute Gasteiger partial charge is 0.305 e. The van der Waals surface area contributed by atoms with E-state index in [0.29, 0.717) is 28.3 Å². The van der Waals surface area contributed by atoms with Crippen molar-refractivity contribution in [1.82, 2.24) is 0 Å². The third kappa shape index (κ3) is 3.70. The molecule has 8 heteroatoms. The number of halogens is 1. The first kappa shape index (κ1) is 18.7. The lowest BCUT2D eigenvalue weighted by atomic mass is 9.98. The lowest BCUT2D eigenvalue weighted by molar-refractivity contribution is -0.187. The standard InChI is InChI=1S/C19H18FNO6/c1-10(22)26-19-18(23)21-14-8-7-11(20)9-13(14)16(27-19)12-5-4-6-15(24-2)17(12)25-3/h4-9,16,19H,1-3H3,(H,21,23)/t16-,19+/m0/s1. The van der Waals surface area contributed by atoms with E-state index < -0.39 is 30.1 Å². The quantitative estimate of drug-likeness (QED) is 0.828. The molecule has 0 aromatic heterocycles. The number of fused-ring (bicyclic) bond motifs is 1. The van der Waals surface area contributed by atoms with Crippen molar-refractivity contribution >= 4 is 17.6 Å². The molecule has 0 fully saturated rings. The zero-order valence-corrected chi connectivity index (χ0v) is 14.9. The van der Waals surface area contributed by atoms with Crippen LogP contribution in [0.5, 0.6) is 11.5 Å². The molecule has 2 aromatic rings. The molecule has 7 nitrogen and oxygen atoms in total. The van der Waals surface area contributed by atoms with E-state index in [1.807, 2.05) is 0 Å². The van der Waals surface area contributed by atoms with Crippen LogP contribution in [0.2, 0.25) is 0 Å². The van der Waals surface area contributed by atoms with Crippen LogP contribution in [0.3, 0.4) is 0 Å². The minimum Gasteiger partial charge on any atom is -0.493 e. The minimum atomic E-state index is -1.51. The van der Waals surface area contributed by atoms with Crippen LogP contribution < -0.4 is 14.8 Å². The van der Waals surface area contributed by atoms with E-state index in [4.69, 9.17) is 18.9 Å². The summed E-state index contributed by atoms with van der Waals surface area (Å²) in [5.41, 5.74) is 1.17. The number of nitrogens with one attached hydrogen (secondary N) is 1. The van der Waals surface area contributed by atoms with Crippen molar-refractivity contribution in [2.24, 2.45) is 0 Å². The monoisotopic (exact) mass is 375 g/mol. The molecule has 1 aliphatic heterocycles. The van der Waals surface area contributed by atoms with Gasteiger partial charge in [0, 0.05) is 23.7 Å². The van der Waals surface area contributed by atoms with Gasteiger partial charge in [-0.05, 0) is 24.3 Å². The van der Waals surface area contributed by atoms with Crippen LogP contribution >= 0.6 is 0 Å². The zero-order valence-electron chi connectivity index (χ0n) is 14.9. The molecule has 0 radical (unpaired) electrons. The zero-order chi connectivity index (χ0) is 19.6. The van der Waals surface area contributed by atoms with Gasteiger partial charge in [0.25, 0.3) is 12.2 Å². The summed E-state index contributed by atoms with van der Waals surface area (Å²) in [5, 5.41) is 2.59. The summed E-state index contributed by atoms with van der Waals surface area (Å²) >= 11 is 0. The van der Waals surface area contributed by atoms with Crippen molar-refractivity contribution in [3.63, 3.8) is 0 Å². The largest absolute Gasteiger partial charge is 0.493 e. The molecule has 2 aromatic carbocycles. The highest BCUT2D eigenvalue weighted by Crippen LogP contribution is 2.43. The molecule has 3 rings (SSSR count). The summed E-state index contributed by atoms with van der Waals surface area (Å²) in [4.78, 5) is 23.8. The van der Waals surface area contributed by atoms with Crippen molar-refractivity contribution in [3.05, 3.63) is 53.3 Å². The third-order valence-electron chi connectivity index (χ3n) is 4.02. The second-order valence-corrected chi connectivity index (χ2v) is 5.76. The average molecular weight is 375 g/mol. The predicted octanol–water partition coefficient (Wildman–Crippen LogP) is 2.79. The Morgan fingerprint density at radius 2 is 1.93 bits per heavy atom. The van der Waals surface area contributed by atoms with Crippen molar-refractivity contribution in [2.45, 2.75) is 19.3 Å². The van der Waals surface area contributed by atoms with Gasteiger partial charge in [0.15, 0.2) is 11.5 Å². The van der Waals surface area contributed by atoms with Gasteiger partial charge in [0.05, 0.1) is 14.2 Å². The Kier molecular flexibility index (Phi) is 5.27. The molecule has 0 spiro atoms. The van der Waals surface area contributed by atoms with Gasteiger partial charge >= 0.3 is 5.97 Å². The number of para-hydroxylation sites is 1. The second-order valence-electron chi connectivity index (χ2n) is 5.76. The van der Waals surface area contributed by atoms with Crippen molar-refractivity contribution < 1.29 is 32.9 Å². The number of benzene rings is 2. The van der Waals surface area contributed by atoms with Gasteiger partial charge in [-0.2, -0.15) is 0 Å². The predicted molar refractivity (Wildman–Crippen MR) is 93.1 cm³/mol. The van der Waals surface area contributed by atoms with E-state index in [1.54, 1.807) is 18.2 Å². The fourth-order valence-corrected chi connectivity index (χ4v) is 2.91. The first-order chi connectivity index (χ1) is 12.9. The number of ether oxygens (including phenoxy) is 4. The molecule has 0 saturated carbocycles. The minimum absolute atomic E-state index is 0.339. The van der Waals surface area contributed by atoms with Gasteiger partial charge in [0.1, 0.15) is 11.9 Å². The molecule has 2 atom stereocenters. The summed E-state index contributed by atoms with van der Waals surface area (Å²) in [5.74, 6) is -1.09. The van der Waals surface area contributed by atoms with E-state index >= 15 is 0 Å². The highest BCUT2D eigenvalue weighted by atomic mass is 19.1. The lowest BCUT2D eigenvalue weighted by Crippen LogP contribution is -2.33. The second kappa shape index (κ2) is 7.63. The SMILES string of the molecule is COc1cccc([C@@H]2O[C@@H](OC(C)=O)C(=O)Nc3ccc(F)cc32)c1OC. The van der Waals surface area contributed by atoms with Gasteiger partial charge < -0.3 is 24.3 Å². The summed E-state index contributed by atoms with van der Waals surface area (Å²) in [7, 11) is 2.94.